The Morgan fingerprint density at radius 1 is 1.35 bits per heavy atom. The van der Waals surface area contributed by atoms with Gasteiger partial charge in [0.25, 0.3) is 0 Å². The van der Waals surface area contributed by atoms with Crippen LogP contribution in [0.3, 0.4) is 0 Å². The summed E-state index contributed by atoms with van der Waals surface area (Å²) in [4.78, 5) is 11.6. The molecular formula is C13H19NO3. The van der Waals surface area contributed by atoms with Gasteiger partial charge in [0.05, 0.1) is 13.0 Å². The molecule has 0 heterocycles. The van der Waals surface area contributed by atoms with Crippen molar-refractivity contribution < 1.29 is 15.0 Å². The second-order valence-corrected chi connectivity index (χ2v) is 4.59. The molecule has 0 bridgehead atoms. The summed E-state index contributed by atoms with van der Waals surface area (Å²) < 4.78 is 0. The summed E-state index contributed by atoms with van der Waals surface area (Å²) in [7, 11) is 0. The maximum Gasteiger partial charge on any atom is 0.224 e. The number of amides is 1. The fourth-order valence-corrected chi connectivity index (χ4v) is 1.30. The standard InChI is InChI=1S/C13H19NO3/c1-10-3-5-11(6-4-10)7-12(16)14-8-13(2,17)9-15/h3-6,15,17H,7-9H2,1-2H3,(H,14,16). The van der Waals surface area contributed by atoms with Gasteiger partial charge in [-0.25, -0.2) is 0 Å². The highest BCUT2D eigenvalue weighted by Gasteiger charge is 2.19. The normalized spacial score (nSPS) is 14.1. The van der Waals surface area contributed by atoms with E-state index in [1.807, 2.05) is 31.2 Å². The van der Waals surface area contributed by atoms with Crippen LogP contribution in [0.2, 0.25) is 0 Å². The van der Waals surface area contributed by atoms with Gasteiger partial charge in [-0.3, -0.25) is 4.79 Å². The lowest BCUT2D eigenvalue weighted by atomic mass is 10.1. The largest absolute Gasteiger partial charge is 0.393 e. The first kappa shape index (κ1) is 13.7. The van der Waals surface area contributed by atoms with E-state index < -0.39 is 5.60 Å². The number of rotatable bonds is 5. The molecule has 0 spiro atoms. The zero-order valence-corrected chi connectivity index (χ0v) is 10.2. The van der Waals surface area contributed by atoms with Crippen LogP contribution >= 0.6 is 0 Å². The Morgan fingerprint density at radius 2 is 1.94 bits per heavy atom. The van der Waals surface area contributed by atoms with Crippen molar-refractivity contribution in [1.29, 1.82) is 0 Å². The van der Waals surface area contributed by atoms with Gasteiger partial charge in [0.2, 0.25) is 5.91 Å². The fourth-order valence-electron chi connectivity index (χ4n) is 1.30. The molecule has 0 aliphatic carbocycles. The van der Waals surface area contributed by atoms with Crippen molar-refractivity contribution in [3.05, 3.63) is 35.4 Å². The summed E-state index contributed by atoms with van der Waals surface area (Å²) in [6, 6.07) is 7.71. The minimum atomic E-state index is -1.26. The number of carbonyl (C=O) groups excluding carboxylic acids is 1. The summed E-state index contributed by atoms with van der Waals surface area (Å²) >= 11 is 0. The van der Waals surface area contributed by atoms with E-state index in [1.165, 1.54) is 6.92 Å². The average Bonchev–Trinajstić information content (AvgIpc) is 2.30. The van der Waals surface area contributed by atoms with Crippen molar-refractivity contribution in [2.24, 2.45) is 0 Å². The number of hydrogen-bond acceptors (Lipinski definition) is 3. The monoisotopic (exact) mass is 237 g/mol. The zero-order valence-electron chi connectivity index (χ0n) is 10.2. The van der Waals surface area contributed by atoms with Gasteiger partial charge in [0.1, 0.15) is 5.60 Å². The van der Waals surface area contributed by atoms with Gasteiger partial charge in [-0.05, 0) is 19.4 Å². The Hall–Kier alpha value is -1.39. The molecular weight excluding hydrogens is 218 g/mol. The molecule has 1 aromatic carbocycles. The van der Waals surface area contributed by atoms with Crippen LogP contribution in [-0.4, -0.2) is 34.9 Å². The van der Waals surface area contributed by atoms with Crippen LogP contribution in [0.4, 0.5) is 0 Å². The van der Waals surface area contributed by atoms with Gasteiger partial charge >= 0.3 is 0 Å². The average molecular weight is 237 g/mol. The molecule has 0 aromatic heterocycles. The second kappa shape index (κ2) is 5.80. The predicted molar refractivity (Wildman–Crippen MR) is 65.6 cm³/mol. The molecule has 0 saturated heterocycles. The Bertz CT molecular complexity index is 371. The Morgan fingerprint density at radius 3 is 2.47 bits per heavy atom. The van der Waals surface area contributed by atoms with E-state index in [0.29, 0.717) is 0 Å². The van der Waals surface area contributed by atoms with E-state index in [4.69, 9.17) is 5.11 Å². The molecule has 1 rings (SSSR count). The van der Waals surface area contributed by atoms with Crippen molar-refractivity contribution in [3.63, 3.8) is 0 Å². The molecule has 0 aliphatic rings. The number of aryl methyl sites for hydroxylation is 1. The molecule has 3 N–H and O–H groups in total. The smallest absolute Gasteiger partial charge is 0.224 e. The Balaban J connectivity index is 2.42. The van der Waals surface area contributed by atoms with Crippen LogP contribution in [0.1, 0.15) is 18.1 Å². The first-order chi connectivity index (χ1) is 7.93. The van der Waals surface area contributed by atoms with Crippen LogP contribution in [0, 0.1) is 6.92 Å². The number of carbonyl (C=O) groups is 1. The fraction of sp³-hybridized carbons (Fsp3) is 0.462. The van der Waals surface area contributed by atoms with E-state index >= 15 is 0 Å². The highest BCUT2D eigenvalue weighted by molar-refractivity contribution is 5.78. The van der Waals surface area contributed by atoms with Crippen molar-refractivity contribution in [1.82, 2.24) is 5.32 Å². The van der Waals surface area contributed by atoms with Crippen LogP contribution in [-0.2, 0) is 11.2 Å². The number of hydrogen-bond donors (Lipinski definition) is 3. The van der Waals surface area contributed by atoms with Crippen LogP contribution < -0.4 is 5.32 Å². The minimum Gasteiger partial charge on any atom is -0.393 e. The summed E-state index contributed by atoms with van der Waals surface area (Å²) in [5, 5.41) is 20.9. The van der Waals surface area contributed by atoms with Gasteiger partial charge in [-0.1, -0.05) is 29.8 Å². The van der Waals surface area contributed by atoms with Crippen LogP contribution in [0.15, 0.2) is 24.3 Å². The van der Waals surface area contributed by atoms with E-state index in [9.17, 15) is 9.90 Å². The molecule has 17 heavy (non-hydrogen) atoms. The quantitative estimate of drug-likeness (QED) is 0.694. The van der Waals surface area contributed by atoms with Crippen molar-refractivity contribution in [2.75, 3.05) is 13.2 Å². The lowest BCUT2D eigenvalue weighted by molar-refractivity contribution is -0.121. The SMILES string of the molecule is Cc1ccc(CC(=O)NCC(C)(O)CO)cc1. The topological polar surface area (TPSA) is 69.6 Å². The number of benzene rings is 1. The van der Waals surface area contributed by atoms with E-state index in [1.54, 1.807) is 0 Å². The summed E-state index contributed by atoms with van der Waals surface area (Å²) in [6.45, 7) is 3.13. The highest BCUT2D eigenvalue weighted by Crippen LogP contribution is 2.04. The van der Waals surface area contributed by atoms with Gasteiger partial charge in [0, 0.05) is 6.54 Å². The molecule has 0 radical (unpaired) electrons. The Kier molecular flexibility index (Phi) is 4.66. The number of nitrogens with one attached hydrogen (secondary N) is 1. The first-order valence-electron chi connectivity index (χ1n) is 5.58. The minimum absolute atomic E-state index is 0.0498. The van der Waals surface area contributed by atoms with Crippen molar-refractivity contribution >= 4 is 5.91 Å². The molecule has 94 valence electrons. The third-order valence-corrected chi connectivity index (χ3v) is 2.49. The zero-order chi connectivity index (χ0) is 12.9. The maximum absolute atomic E-state index is 11.6. The second-order valence-electron chi connectivity index (χ2n) is 4.59. The third kappa shape index (κ3) is 4.97. The van der Waals surface area contributed by atoms with Gasteiger partial charge in [-0.15, -0.1) is 0 Å². The van der Waals surface area contributed by atoms with Gasteiger partial charge in [0.15, 0.2) is 0 Å². The third-order valence-electron chi connectivity index (χ3n) is 2.49. The molecule has 0 fully saturated rings. The first-order valence-corrected chi connectivity index (χ1v) is 5.58. The summed E-state index contributed by atoms with van der Waals surface area (Å²) in [5.74, 6) is -0.164. The van der Waals surface area contributed by atoms with Crippen LogP contribution in [0.5, 0.6) is 0 Å². The molecule has 1 unspecified atom stereocenters. The van der Waals surface area contributed by atoms with Crippen LogP contribution in [0.25, 0.3) is 0 Å². The predicted octanol–water partition coefficient (Wildman–Crippen LogP) is 0.397. The highest BCUT2D eigenvalue weighted by atomic mass is 16.3. The summed E-state index contributed by atoms with van der Waals surface area (Å²) in [5.41, 5.74) is 0.817. The molecule has 1 atom stereocenters. The molecule has 4 heteroatoms. The van der Waals surface area contributed by atoms with Gasteiger partial charge in [-0.2, -0.15) is 0 Å². The Labute approximate surface area is 101 Å². The van der Waals surface area contributed by atoms with E-state index in [0.717, 1.165) is 11.1 Å². The lowest BCUT2D eigenvalue weighted by Crippen LogP contribution is -2.43. The molecule has 1 aromatic rings. The molecule has 1 amide bonds. The number of aliphatic hydroxyl groups is 2. The molecule has 4 nitrogen and oxygen atoms in total. The number of aliphatic hydroxyl groups excluding tert-OH is 1. The van der Waals surface area contributed by atoms with E-state index in [-0.39, 0.29) is 25.5 Å². The van der Waals surface area contributed by atoms with Crippen molar-refractivity contribution in [2.45, 2.75) is 25.9 Å². The molecule has 0 saturated carbocycles. The van der Waals surface area contributed by atoms with Crippen molar-refractivity contribution in [3.8, 4) is 0 Å². The van der Waals surface area contributed by atoms with Gasteiger partial charge < -0.3 is 15.5 Å². The maximum atomic E-state index is 11.6. The molecule has 0 aliphatic heterocycles. The lowest BCUT2D eigenvalue weighted by Gasteiger charge is -2.20. The van der Waals surface area contributed by atoms with E-state index in [2.05, 4.69) is 5.32 Å². The summed E-state index contributed by atoms with van der Waals surface area (Å²) in [6.07, 6.45) is 0.280.